The molecule has 0 bridgehead atoms. The highest BCUT2D eigenvalue weighted by atomic mass is 14.8. The lowest BCUT2D eigenvalue weighted by Gasteiger charge is -2.08. The van der Waals surface area contributed by atoms with Crippen LogP contribution < -0.4 is 5.32 Å². The molecule has 0 heterocycles. The van der Waals surface area contributed by atoms with Crippen molar-refractivity contribution in [1.82, 2.24) is 5.32 Å². The molecular weight excluding hydrogens is 206 g/mol. The van der Waals surface area contributed by atoms with Crippen molar-refractivity contribution < 1.29 is 0 Å². The van der Waals surface area contributed by atoms with E-state index in [4.69, 9.17) is 0 Å². The Morgan fingerprint density at radius 3 is 2.59 bits per heavy atom. The molecule has 0 atom stereocenters. The molecule has 0 aliphatic heterocycles. The Morgan fingerprint density at radius 2 is 1.82 bits per heavy atom. The van der Waals surface area contributed by atoms with Crippen molar-refractivity contribution in [3.63, 3.8) is 0 Å². The highest BCUT2D eigenvalue weighted by molar-refractivity contribution is 5.67. The first kappa shape index (κ1) is 11.9. The third-order valence-electron chi connectivity index (χ3n) is 2.96. The third kappa shape index (κ3) is 2.95. The maximum atomic E-state index is 3.36. The van der Waals surface area contributed by atoms with Crippen LogP contribution in [0.2, 0.25) is 0 Å². The SMILES string of the molecule is CCNCc1cccc(-c2ccccc2C)c1. The second-order valence-electron chi connectivity index (χ2n) is 4.30. The zero-order valence-electron chi connectivity index (χ0n) is 10.5. The summed E-state index contributed by atoms with van der Waals surface area (Å²) in [4.78, 5) is 0. The minimum absolute atomic E-state index is 0.941. The molecule has 0 saturated heterocycles. The average Bonchev–Trinajstić information content (AvgIpc) is 2.37. The average molecular weight is 225 g/mol. The van der Waals surface area contributed by atoms with E-state index in [1.54, 1.807) is 0 Å². The third-order valence-corrected chi connectivity index (χ3v) is 2.96. The summed E-state index contributed by atoms with van der Waals surface area (Å²) in [5, 5.41) is 3.36. The van der Waals surface area contributed by atoms with Crippen LogP contribution in [0.3, 0.4) is 0 Å². The molecule has 88 valence electrons. The van der Waals surface area contributed by atoms with Crippen LogP contribution in [0.25, 0.3) is 11.1 Å². The second kappa shape index (κ2) is 5.65. The Morgan fingerprint density at radius 1 is 1.00 bits per heavy atom. The van der Waals surface area contributed by atoms with E-state index in [1.807, 2.05) is 0 Å². The Bertz CT molecular complexity index is 488. The standard InChI is InChI=1S/C16H19N/c1-3-17-12-14-8-6-9-15(11-14)16-10-5-4-7-13(16)2/h4-11,17H,3,12H2,1-2H3. The summed E-state index contributed by atoms with van der Waals surface area (Å²) in [6.07, 6.45) is 0. The molecular formula is C16H19N. The highest BCUT2D eigenvalue weighted by Crippen LogP contribution is 2.23. The van der Waals surface area contributed by atoms with Gasteiger partial charge in [0.15, 0.2) is 0 Å². The molecule has 0 saturated carbocycles. The number of benzene rings is 2. The van der Waals surface area contributed by atoms with Crippen LogP contribution in [0.5, 0.6) is 0 Å². The van der Waals surface area contributed by atoms with Crippen LogP contribution in [-0.4, -0.2) is 6.54 Å². The molecule has 17 heavy (non-hydrogen) atoms. The van der Waals surface area contributed by atoms with E-state index in [0.717, 1.165) is 13.1 Å². The van der Waals surface area contributed by atoms with Crippen LogP contribution >= 0.6 is 0 Å². The van der Waals surface area contributed by atoms with E-state index in [2.05, 4.69) is 67.7 Å². The zero-order chi connectivity index (χ0) is 12.1. The monoisotopic (exact) mass is 225 g/mol. The molecule has 0 aromatic heterocycles. The summed E-state index contributed by atoms with van der Waals surface area (Å²) in [6, 6.07) is 17.3. The van der Waals surface area contributed by atoms with Crippen LogP contribution in [-0.2, 0) is 6.54 Å². The normalized spacial score (nSPS) is 10.5. The fourth-order valence-electron chi connectivity index (χ4n) is 2.01. The Hall–Kier alpha value is -1.60. The van der Waals surface area contributed by atoms with Crippen LogP contribution in [0, 0.1) is 6.92 Å². The highest BCUT2D eigenvalue weighted by Gasteiger charge is 2.01. The predicted molar refractivity (Wildman–Crippen MR) is 74.0 cm³/mol. The second-order valence-corrected chi connectivity index (χ2v) is 4.30. The van der Waals surface area contributed by atoms with Gasteiger partial charge in [-0.1, -0.05) is 49.4 Å². The molecule has 0 fully saturated rings. The van der Waals surface area contributed by atoms with Gasteiger partial charge in [-0.25, -0.2) is 0 Å². The van der Waals surface area contributed by atoms with Gasteiger partial charge in [0, 0.05) is 6.54 Å². The summed E-state index contributed by atoms with van der Waals surface area (Å²) in [5.41, 5.74) is 5.30. The fourth-order valence-corrected chi connectivity index (χ4v) is 2.01. The van der Waals surface area contributed by atoms with Gasteiger partial charge in [-0.2, -0.15) is 0 Å². The van der Waals surface area contributed by atoms with Crippen molar-refractivity contribution in [2.45, 2.75) is 20.4 Å². The molecule has 0 aliphatic rings. The number of nitrogens with one attached hydrogen (secondary N) is 1. The summed E-state index contributed by atoms with van der Waals surface area (Å²) in [5.74, 6) is 0. The molecule has 1 nitrogen and oxygen atoms in total. The molecule has 0 radical (unpaired) electrons. The van der Waals surface area contributed by atoms with Crippen molar-refractivity contribution in [2.75, 3.05) is 6.54 Å². The Kier molecular flexibility index (Phi) is 3.94. The maximum absolute atomic E-state index is 3.36. The minimum Gasteiger partial charge on any atom is -0.313 e. The van der Waals surface area contributed by atoms with Gasteiger partial charge in [-0.15, -0.1) is 0 Å². The zero-order valence-corrected chi connectivity index (χ0v) is 10.5. The van der Waals surface area contributed by atoms with Crippen molar-refractivity contribution in [3.05, 3.63) is 59.7 Å². The van der Waals surface area contributed by atoms with Crippen LogP contribution in [0.4, 0.5) is 0 Å². The van der Waals surface area contributed by atoms with Gasteiger partial charge in [-0.05, 0) is 41.8 Å². The molecule has 0 unspecified atom stereocenters. The van der Waals surface area contributed by atoms with Gasteiger partial charge in [0.25, 0.3) is 0 Å². The van der Waals surface area contributed by atoms with Crippen molar-refractivity contribution in [1.29, 1.82) is 0 Å². The number of aryl methyl sites for hydroxylation is 1. The van der Waals surface area contributed by atoms with Crippen molar-refractivity contribution in [3.8, 4) is 11.1 Å². The first-order valence-electron chi connectivity index (χ1n) is 6.17. The van der Waals surface area contributed by atoms with E-state index in [9.17, 15) is 0 Å². The van der Waals surface area contributed by atoms with E-state index in [1.165, 1.54) is 22.3 Å². The van der Waals surface area contributed by atoms with Gasteiger partial charge < -0.3 is 5.32 Å². The van der Waals surface area contributed by atoms with Crippen LogP contribution in [0.15, 0.2) is 48.5 Å². The van der Waals surface area contributed by atoms with E-state index < -0.39 is 0 Å². The topological polar surface area (TPSA) is 12.0 Å². The minimum atomic E-state index is 0.941. The van der Waals surface area contributed by atoms with E-state index in [-0.39, 0.29) is 0 Å². The summed E-state index contributed by atoms with van der Waals surface area (Å²) in [7, 11) is 0. The van der Waals surface area contributed by atoms with Gasteiger partial charge in [-0.3, -0.25) is 0 Å². The Labute approximate surface area is 103 Å². The van der Waals surface area contributed by atoms with Crippen molar-refractivity contribution >= 4 is 0 Å². The lowest BCUT2D eigenvalue weighted by atomic mass is 9.99. The molecule has 0 amide bonds. The lowest BCUT2D eigenvalue weighted by Crippen LogP contribution is -2.11. The summed E-state index contributed by atoms with van der Waals surface area (Å²) >= 11 is 0. The smallest absolute Gasteiger partial charge is 0.0205 e. The molecule has 1 heteroatoms. The molecule has 1 N–H and O–H groups in total. The van der Waals surface area contributed by atoms with Gasteiger partial charge in [0.05, 0.1) is 0 Å². The lowest BCUT2D eigenvalue weighted by molar-refractivity contribution is 0.727. The Balaban J connectivity index is 2.30. The van der Waals surface area contributed by atoms with Gasteiger partial charge >= 0.3 is 0 Å². The van der Waals surface area contributed by atoms with Gasteiger partial charge in [0.1, 0.15) is 0 Å². The molecule has 0 aliphatic carbocycles. The molecule has 0 spiro atoms. The van der Waals surface area contributed by atoms with E-state index in [0.29, 0.717) is 0 Å². The summed E-state index contributed by atoms with van der Waals surface area (Å²) < 4.78 is 0. The van der Waals surface area contributed by atoms with Crippen molar-refractivity contribution in [2.24, 2.45) is 0 Å². The fraction of sp³-hybridized carbons (Fsp3) is 0.250. The maximum Gasteiger partial charge on any atom is 0.0205 e. The predicted octanol–water partition coefficient (Wildman–Crippen LogP) is 3.77. The largest absolute Gasteiger partial charge is 0.313 e. The summed E-state index contributed by atoms with van der Waals surface area (Å²) in [6.45, 7) is 6.24. The van der Waals surface area contributed by atoms with Gasteiger partial charge in [0.2, 0.25) is 0 Å². The number of rotatable bonds is 4. The quantitative estimate of drug-likeness (QED) is 0.835. The molecule has 2 rings (SSSR count). The van der Waals surface area contributed by atoms with Crippen LogP contribution in [0.1, 0.15) is 18.1 Å². The first-order chi connectivity index (χ1) is 8.31. The first-order valence-corrected chi connectivity index (χ1v) is 6.17. The number of hydrogen-bond donors (Lipinski definition) is 1. The number of hydrogen-bond acceptors (Lipinski definition) is 1. The van der Waals surface area contributed by atoms with E-state index >= 15 is 0 Å². The molecule has 2 aromatic carbocycles. The molecule has 2 aromatic rings.